The van der Waals surface area contributed by atoms with Crippen LogP contribution in [0.4, 0.5) is 5.69 Å². The lowest BCUT2D eigenvalue weighted by atomic mass is 10.1. The lowest BCUT2D eigenvalue weighted by molar-refractivity contribution is -0.385. The Morgan fingerprint density at radius 2 is 2.13 bits per heavy atom. The molecule has 0 radical (unpaired) electrons. The highest BCUT2D eigenvalue weighted by Crippen LogP contribution is 2.34. The van der Waals surface area contributed by atoms with Crippen LogP contribution in [0, 0.1) is 24.0 Å². The third-order valence-corrected chi connectivity index (χ3v) is 2.38. The van der Waals surface area contributed by atoms with Gasteiger partial charge in [0, 0.05) is 17.4 Å². The molecule has 0 saturated carbocycles. The molecule has 0 N–H and O–H groups in total. The van der Waals surface area contributed by atoms with Crippen LogP contribution < -0.4 is 4.18 Å². The summed E-state index contributed by atoms with van der Waals surface area (Å²) in [6.45, 7) is 5.57. The SMILES string of the molecule is CCSOc1c(C)cc(C)cc1[N+](=O)[O-]. The van der Waals surface area contributed by atoms with Crippen LogP contribution in [0.2, 0.25) is 0 Å². The minimum Gasteiger partial charge on any atom is -0.418 e. The van der Waals surface area contributed by atoms with Gasteiger partial charge in [0.1, 0.15) is 0 Å². The van der Waals surface area contributed by atoms with E-state index in [0.29, 0.717) is 5.75 Å². The Morgan fingerprint density at radius 1 is 1.47 bits per heavy atom. The Kier molecular flexibility index (Phi) is 3.96. The van der Waals surface area contributed by atoms with Crippen molar-refractivity contribution in [3.8, 4) is 5.75 Å². The first-order chi connectivity index (χ1) is 7.06. The van der Waals surface area contributed by atoms with Crippen LogP contribution in [-0.4, -0.2) is 10.7 Å². The minimum absolute atomic E-state index is 0.0356. The molecule has 0 fully saturated rings. The van der Waals surface area contributed by atoms with Gasteiger partial charge in [0.05, 0.1) is 17.0 Å². The van der Waals surface area contributed by atoms with Crippen molar-refractivity contribution < 1.29 is 9.11 Å². The quantitative estimate of drug-likeness (QED) is 0.450. The summed E-state index contributed by atoms with van der Waals surface area (Å²) in [5.74, 6) is 1.11. The van der Waals surface area contributed by atoms with Crippen molar-refractivity contribution in [2.75, 3.05) is 5.75 Å². The number of hydrogen-bond donors (Lipinski definition) is 0. The van der Waals surface area contributed by atoms with Crippen molar-refractivity contribution >= 4 is 17.7 Å². The Labute approximate surface area is 93.0 Å². The molecule has 0 aliphatic heterocycles. The average Bonchev–Trinajstić information content (AvgIpc) is 2.15. The fraction of sp³-hybridized carbons (Fsp3) is 0.400. The summed E-state index contributed by atoms with van der Waals surface area (Å²) in [6, 6.07) is 3.40. The van der Waals surface area contributed by atoms with Crippen molar-refractivity contribution in [3.63, 3.8) is 0 Å². The summed E-state index contributed by atoms with van der Waals surface area (Å²) in [5, 5.41) is 10.8. The van der Waals surface area contributed by atoms with E-state index in [2.05, 4.69) is 0 Å². The number of rotatable bonds is 4. The molecule has 82 valence electrons. The van der Waals surface area contributed by atoms with Crippen molar-refractivity contribution in [1.29, 1.82) is 0 Å². The summed E-state index contributed by atoms with van der Waals surface area (Å²) < 4.78 is 5.31. The summed E-state index contributed by atoms with van der Waals surface area (Å²) in [5.41, 5.74) is 1.70. The molecule has 15 heavy (non-hydrogen) atoms. The Bertz CT molecular complexity index is 379. The van der Waals surface area contributed by atoms with Crippen molar-refractivity contribution in [1.82, 2.24) is 0 Å². The van der Waals surface area contributed by atoms with E-state index < -0.39 is 4.92 Å². The third kappa shape index (κ3) is 2.86. The van der Waals surface area contributed by atoms with E-state index in [4.69, 9.17) is 4.18 Å². The lowest BCUT2D eigenvalue weighted by Crippen LogP contribution is -1.96. The van der Waals surface area contributed by atoms with Gasteiger partial charge in [-0.3, -0.25) is 10.1 Å². The van der Waals surface area contributed by atoms with Crippen LogP contribution in [0.1, 0.15) is 18.1 Å². The smallest absolute Gasteiger partial charge is 0.313 e. The number of nitro benzene ring substituents is 1. The summed E-state index contributed by atoms with van der Waals surface area (Å²) in [6.07, 6.45) is 0. The fourth-order valence-corrected chi connectivity index (χ4v) is 1.75. The number of nitrogens with zero attached hydrogens (tertiary/aromatic N) is 1. The van der Waals surface area contributed by atoms with E-state index in [9.17, 15) is 10.1 Å². The molecule has 1 aromatic rings. The maximum atomic E-state index is 10.8. The molecule has 0 bridgehead atoms. The van der Waals surface area contributed by atoms with Crippen molar-refractivity contribution in [2.45, 2.75) is 20.8 Å². The zero-order valence-electron chi connectivity index (χ0n) is 8.94. The van der Waals surface area contributed by atoms with Crippen LogP contribution in [0.3, 0.4) is 0 Å². The van der Waals surface area contributed by atoms with Gasteiger partial charge >= 0.3 is 5.69 Å². The molecule has 0 aromatic heterocycles. The van der Waals surface area contributed by atoms with Crippen LogP contribution in [0.5, 0.6) is 5.75 Å². The number of benzene rings is 1. The molecule has 0 saturated heterocycles. The zero-order valence-corrected chi connectivity index (χ0v) is 9.76. The molecule has 0 amide bonds. The van der Waals surface area contributed by atoms with Crippen LogP contribution in [0.15, 0.2) is 12.1 Å². The normalized spacial score (nSPS) is 10.1. The van der Waals surface area contributed by atoms with E-state index in [1.54, 1.807) is 0 Å². The van der Waals surface area contributed by atoms with Gasteiger partial charge in [-0.25, -0.2) is 0 Å². The summed E-state index contributed by atoms with van der Waals surface area (Å²) in [4.78, 5) is 10.4. The number of nitro groups is 1. The van der Waals surface area contributed by atoms with Crippen molar-refractivity contribution in [2.24, 2.45) is 0 Å². The molecule has 0 unspecified atom stereocenters. The van der Waals surface area contributed by atoms with Crippen LogP contribution in [-0.2, 0) is 0 Å². The Balaban J connectivity index is 3.15. The number of aryl methyl sites for hydroxylation is 2. The first-order valence-corrected chi connectivity index (χ1v) is 5.52. The van der Waals surface area contributed by atoms with Gasteiger partial charge < -0.3 is 4.18 Å². The first-order valence-electron chi connectivity index (χ1n) is 4.61. The second-order valence-electron chi connectivity index (χ2n) is 3.18. The van der Waals surface area contributed by atoms with Crippen LogP contribution >= 0.6 is 12.0 Å². The Hall–Kier alpha value is -1.23. The van der Waals surface area contributed by atoms with Gasteiger partial charge in [-0.05, 0) is 19.4 Å². The highest BCUT2D eigenvalue weighted by molar-refractivity contribution is 7.94. The van der Waals surface area contributed by atoms with Gasteiger partial charge in [0.2, 0.25) is 5.75 Å². The molecule has 0 spiro atoms. The highest BCUT2D eigenvalue weighted by atomic mass is 32.2. The predicted octanol–water partition coefficient (Wildman–Crippen LogP) is 3.26. The molecule has 0 aliphatic carbocycles. The average molecular weight is 227 g/mol. The van der Waals surface area contributed by atoms with E-state index >= 15 is 0 Å². The van der Waals surface area contributed by atoms with E-state index in [1.165, 1.54) is 18.1 Å². The third-order valence-electron chi connectivity index (χ3n) is 1.86. The maximum absolute atomic E-state index is 10.8. The zero-order chi connectivity index (χ0) is 11.4. The largest absolute Gasteiger partial charge is 0.418 e. The molecular weight excluding hydrogens is 214 g/mol. The van der Waals surface area contributed by atoms with E-state index in [-0.39, 0.29) is 5.69 Å². The maximum Gasteiger partial charge on any atom is 0.313 e. The lowest BCUT2D eigenvalue weighted by Gasteiger charge is -2.07. The Morgan fingerprint density at radius 3 is 2.67 bits per heavy atom. The summed E-state index contributed by atoms with van der Waals surface area (Å²) >= 11 is 1.21. The predicted molar refractivity (Wildman–Crippen MR) is 61.3 cm³/mol. The van der Waals surface area contributed by atoms with Gasteiger partial charge in [0.15, 0.2) is 0 Å². The molecule has 4 nitrogen and oxygen atoms in total. The monoisotopic (exact) mass is 227 g/mol. The molecule has 0 atom stereocenters. The van der Waals surface area contributed by atoms with Crippen molar-refractivity contribution in [3.05, 3.63) is 33.4 Å². The van der Waals surface area contributed by atoms with Gasteiger partial charge in [-0.15, -0.1) is 0 Å². The highest BCUT2D eigenvalue weighted by Gasteiger charge is 2.18. The molecule has 0 heterocycles. The molecule has 1 rings (SSSR count). The minimum atomic E-state index is -0.411. The fourth-order valence-electron chi connectivity index (χ4n) is 1.29. The van der Waals surface area contributed by atoms with E-state index in [0.717, 1.165) is 16.9 Å². The van der Waals surface area contributed by atoms with Gasteiger partial charge in [0.25, 0.3) is 0 Å². The second kappa shape index (κ2) is 5.02. The number of hydrogen-bond acceptors (Lipinski definition) is 4. The molecular formula is C10H13NO3S. The second-order valence-corrected chi connectivity index (χ2v) is 4.16. The van der Waals surface area contributed by atoms with Crippen LogP contribution in [0.25, 0.3) is 0 Å². The van der Waals surface area contributed by atoms with Gasteiger partial charge in [-0.1, -0.05) is 13.0 Å². The molecule has 1 aromatic carbocycles. The molecule has 0 aliphatic rings. The summed E-state index contributed by atoms with van der Waals surface area (Å²) in [7, 11) is 0. The van der Waals surface area contributed by atoms with Gasteiger partial charge in [-0.2, -0.15) is 0 Å². The topological polar surface area (TPSA) is 52.4 Å². The standard InChI is InChI=1S/C10H13NO3S/c1-4-15-14-10-8(3)5-7(2)6-9(10)11(12)13/h5-6H,4H2,1-3H3. The van der Waals surface area contributed by atoms with E-state index in [1.807, 2.05) is 26.8 Å². The first kappa shape index (κ1) is 11.8. The molecule has 5 heteroatoms.